The zero-order chi connectivity index (χ0) is 24.3. The van der Waals surface area contributed by atoms with E-state index in [2.05, 4.69) is 43.9 Å². The van der Waals surface area contributed by atoms with Crippen molar-refractivity contribution in [1.82, 2.24) is 24.6 Å². The summed E-state index contributed by atoms with van der Waals surface area (Å²) in [6.45, 7) is 5.34. The average Bonchev–Trinajstić information content (AvgIpc) is 3.27. The number of thioether (sulfide) groups is 1. The minimum absolute atomic E-state index is 0.0720. The normalized spacial score (nSPS) is 14.2. The van der Waals surface area contributed by atoms with Gasteiger partial charge in [0.1, 0.15) is 5.82 Å². The number of carbonyl (C=O) groups excluding carboxylic acids is 1. The van der Waals surface area contributed by atoms with Crippen LogP contribution in [0.1, 0.15) is 36.2 Å². The lowest BCUT2D eigenvalue weighted by Crippen LogP contribution is -2.34. The monoisotopic (exact) mass is 493 g/mol. The van der Waals surface area contributed by atoms with Crippen molar-refractivity contribution in [3.63, 3.8) is 0 Å². The quantitative estimate of drug-likeness (QED) is 0.354. The molecule has 1 aromatic heterocycles. The molecule has 3 aromatic rings. The lowest BCUT2D eigenvalue weighted by Gasteiger charge is -2.26. The van der Waals surface area contributed by atoms with E-state index in [0.717, 1.165) is 36.2 Å². The summed E-state index contributed by atoms with van der Waals surface area (Å²) in [5.41, 5.74) is 2.31. The molecular formula is C27H35N5O2S. The highest BCUT2D eigenvalue weighted by Gasteiger charge is 2.20. The lowest BCUT2D eigenvalue weighted by atomic mass is 10.1. The van der Waals surface area contributed by atoms with Crippen LogP contribution >= 0.6 is 11.8 Å². The third-order valence-corrected chi connectivity index (χ3v) is 7.20. The van der Waals surface area contributed by atoms with Crippen LogP contribution in [0.4, 0.5) is 0 Å². The van der Waals surface area contributed by atoms with E-state index in [1.807, 2.05) is 41.3 Å². The van der Waals surface area contributed by atoms with Crippen LogP contribution in [0.15, 0.2) is 65.8 Å². The molecule has 7 nitrogen and oxygen atoms in total. The summed E-state index contributed by atoms with van der Waals surface area (Å²) < 4.78 is 7.43. The highest BCUT2D eigenvalue weighted by Crippen LogP contribution is 2.22. The Morgan fingerprint density at radius 3 is 2.31 bits per heavy atom. The van der Waals surface area contributed by atoms with Gasteiger partial charge in [0.15, 0.2) is 5.16 Å². The molecule has 1 saturated heterocycles. The van der Waals surface area contributed by atoms with Crippen LogP contribution in [-0.4, -0.2) is 69.6 Å². The minimum Gasteiger partial charge on any atom is -0.383 e. The molecular weight excluding hydrogens is 458 g/mol. The van der Waals surface area contributed by atoms with Gasteiger partial charge in [-0.1, -0.05) is 78.8 Å². The van der Waals surface area contributed by atoms with E-state index < -0.39 is 0 Å². The molecule has 0 aliphatic carbocycles. The Hall–Kier alpha value is -2.68. The van der Waals surface area contributed by atoms with Gasteiger partial charge in [-0.2, -0.15) is 0 Å². The third-order valence-electron chi connectivity index (χ3n) is 6.25. The molecule has 0 atom stereocenters. The largest absolute Gasteiger partial charge is 0.383 e. The molecule has 0 saturated carbocycles. The van der Waals surface area contributed by atoms with Crippen LogP contribution < -0.4 is 0 Å². The maximum Gasteiger partial charge on any atom is 0.233 e. The Balaban J connectivity index is 1.46. The summed E-state index contributed by atoms with van der Waals surface area (Å²) >= 11 is 1.47. The zero-order valence-corrected chi connectivity index (χ0v) is 21.3. The van der Waals surface area contributed by atoms with E-state index in [4.69, 9.17) is 4.74 Å². The van der Waals surface area contributed by atoms with Crippen molar-refractivity contribution in [2.45, 2.75) is 44.1 Å². The number of methoxy groups -OCH3 is 1. The van der Waals surface area contributed by atoms with Gasteiger partial charge in [-0.3, -0.25) is 9.69 Å². The second-order valence-corrected chi connectivity index (χ2v) is 9.83. The fourth-order valence-electron chi connectivity index (χ4n) is 4.30. The Morgan fingerprint density at radius 1 is 0.943 bits per heavy atom. The van der Waals surface area contributed by atoms with Crippen molar-refractivity contribution in [3.05, 3.63) is 77.6 Å². The number of amides is 1. The fraction of sp³-hybridized carbons (Fsp3) is 0.444. The Bertz CT molecular complexity index is 1040. The van der Waals surface area contributed by atoms with Gasteiger partial charge in [-0.25, -0.2) is 0 Å². The van der Waals surface area contributed by atoms with Gasteiger partial charge in [-0.05, 0) is 37.1 Å². The lowest BCUT2D eigenvalue weighted by molar-refractivity contribution is -0.129. The topological polar surface area (TPSA) is 63.5 Å². The van der Waals surface area contributed by atoms with Crippen LogP contribution in [0.2, 0.25) is 0 Å². The summed E-state index contributed by atoms with van der Waals surface area (Å²) in [7, 11) is 1.66. The minimum atomic E-state index is 0.0720. The van der Waals surface area contributed by atoms with Crippen LogP contribution in [0.25, 0.3) is 0 Å². The fourth-order valence-corrected chi connectivity index (χ4v) is 5.16. The molecule has 0 unspecified atom stereocenters. The number of rotatable bonds is 12. The van der Waals surface area contributed by atoms with E-state index >= 15 is 0 Å². The number of ether oxygens (including phenoxy) is 1. The van der Waals surface area contributed by atoms with Gasteiger partial charge in [0.05, 0.1) is 25.4 Å². The summed E-state index contributed by atoms with van der Waals surface area (Å²) in [4.78, 5) is 17.5. The predicted octanol–water partition coefficient (Wildman–Crippen LogP) is 4.08. The predicted molar refractivity (Wildman–Crippen MR) is 139 cm³/mol. The number of benzene rings is 2. The zero-order valence-electron chi connectivity index (χ0n) is 20.5. The average molecular weight is 494 g/mol. The molecule has 8 heteroatoms. The maximum absolute atomic E-state index is 13.2. The van der Waals surface area contributed by atoms with Crippen molar-refractivity contribution in [1.29, 1.82) is 0 Å². The number of likely N-dealkylation sites (tertiary alicyclic amines) is 1. The van der Waals surface area contributed by atoms with E-state index in [0.29, 0.717) is 32.0 Å². The molecule has 35 heavy (non-hydrogen) atoms. The summed E-state index contributed by atoms with van der Waals surface area (Å²) in [5.74, 6) is 1.35. The molecule has 0 N–H and O–H groups in total. The molecule has 1 fully saturated rings. The molecule has 0 spiro atoms. The third kappa shape index (κ3) is 7.65. The van der Waals surface area contributed by atoms with Crippen LogP contribution in [0, 0.1) is 0 Å². The van der Waals surface area contributed by atoms with E-state index in [9.17, 15) is 4.79 Å². The number of carbonyl (C=O) groups is 1. The highest BCUT2D eigenvalue weighted by molar-refractivity contribution is 7.99. The molecule has 186 valence electrons. The van der Waals surface area contributed by atoms with Crippen molar-refractivity contribution in [2.24, 2.45) is 0 Å². The molecule has 0 radical (unpaired) electrons. The summed E-state index contributed by atoms with van der Waals surface area (Å²) in [6, 6.07) is 20.5. The molecule has 0 bridgehead atoms. The number of nitrogens with zero attached hydrogens (tertiary/aromatic N) is 5. The maximum atomic E-state index is 13.2. The molecule has 1 amide bonds. The number of aromatic nitrogens is 3. The van der Waals surface area contributed by atoms with E-state index in [1.165, 1.54) is 36.6 Å². The smallest absolute Gasteiger partial charge is 0.233 e. The highest BCUT2D eigenvalue weighted by atomic mass is 32.2. The van der Waals surface area contributed by atoms with Gasteiger partial charge in [0.25, 0.3) is 0 Å². The van der Waals surface area contributed by atoms with Crippen LogP contribution in [-0.2, 0) is 29.2 Å². The van der Waals surface area contributed by atoms with Gasteiger partial charge in [0.2, 0.25) is 5.91 Å². The van der Waals surface area contributed by atoms with Crippen molar-refractivity contribution < 1.29 is 9.53 Å². The Labute approximate surface area is 212 Å². The first-order valence-electron chi connectivity index (χ1n) is 12.3. The van der Waals surface area contributed by atoms with Crippen molar-refractivity contribution in [2.75, 3.05) is 39.1 Å². The van der Waals surface area contributed by atoms with E-state index in [-0.39, 0.29) is 5.91 Å². The van der Waals surface area contributed by atoms with Crippen molar-refractivity contribution >= 4 is 17.7 Å². The van der Waals surface area contributed by atoms with Crippen LogP contribution in [0.5, 0.6) is 0 Å². The number of hydrogen-bond acceptors (Lipinski definition) is 6. The first-order chi connectivity index (χ1) is 17.2. The van der Waals surface area contributed by atoms with Gasteiger partial charge in [0, 0.05) is 20.2 Å². The molecule has 2 aromatic carbocycles. The standard InChI is InChI=1S/C27H35N5O2S/c1-34-18-17-31(19-23-11-5-2-6-12-23)26(33)22-35-27-29-28-25(21-30-15-9-4-10-16-30)32(27)20-24-13-7-3-8-14-24/h2-3,5-8,11-14H,4,9-10,15-22H2,1H3. The van der Waals surface area contributed by atoms with Gasteiger partial charge < -0.3 is 14.2 Å². The summed E-state index contributed by atoms with van der Waals surface area (Å²) in [6.07, 6.45) is 3.78. The molecule has 1 aliphatic heterocycles. The van der Waals surface area contributed by atoms with E-state index in [1.54, 1.807) is 7.11 Å². The first-order valence-corrected chi connectivity index (χ1v) is 13.3. The van der Waals surface area contributed by atoms with Crippen molar-refractivity contribution in [3.8, 4) is 0 Å². The Kier molecular flexibility index (Phi) is 9.74. The SMILES string of the molecule is COCCN(Cc1ccccc1)C(=O)CSc1nnc(CN2CCCCC2)n1Cc1ccccc1. The van der Waals surface area contributed by atoms with Gasteiger partial charge in [-0.15, -0.1) is 10.2 Å². The molecule has 2 heterocycles. The summed E-state index contributed by atoms with van der Waals surface area (Å²) in [5, 5.41) is 9.85. The Morgan fingerprint density at radius 2 is 1.63 bits per heavy atom. The second kappa shape index (κ2) is 13.4. The number of hydrogen-bond donors (Lipinski definition) is 0. The first kappa shape index (κ1) is 25.4. The second-order valence-electron chi connectivity index (χ2n) is 8.89. The number of piperidine rings is 1. The van der Waals surface area contributed by atoms with Gasteiger partial charge >= 0.3 is 0 Å². The van der Waals surface area contributed by atoms with Crippen LogP contribution in [0.3, 0.4) is 0 Å². The molecule has 1 aliphatic rings. The molecule has 4 rings (SSSR count).